The van der Waals surface area contributed by atoms with Crippen LogP contribution in [0.2, 0.25) is 0 Å². The number of thioether (sulfide) groups is 1. The molecule has 1 rings (SSSR count). The Balaban J connectivity index is 2.17. The van der Waals surface area contributed by atoms with E-state index in [0.29, 0.717) is 12.4 Å². The number of hydrogen-bond donors (Lipinski definition) is 0. The molecule has 0 fully saturated rings. The number of esters is 1. The maximum Gasteiger partial charge on any atom is 0.316 e. The van der Waals surface area contributed by atoms with E-state index in [4.69, 9.17) is 4.74 Å². The van der Waals surface area contributed by atoms with Crippen molar-refractivity contribution in [1.82, 2.24) is 9.97 Å². The third kappa shape index (κ3) is 5.37. The lowest BCUT2D eigenvalue weighted by atomic mass is 10.4. The van der Waals surface area contributed by atoms with Gasteiger partial charge in [0, 0.05) is 6.20 Å². The third-order valence-corrected chi connectivity index (χ3v) is 2.57. The zero-order valence-electron chi connectivity index (χ0n) is 8.68. The molecule has 0 atom stereocenters. The van der Waals surface area contributed by atoms with E-state index in [0.717, 1.165) is 17.9 Å². The third-order valence-electron chi connectivity index (χ3n) is 1.65. The largest absolute Gasteiger partial charge is 0.465 e. The minimum absolute atomic E-state index is 0.188. The molecule has 0 bridgehead atoms. The molecule has 0 saturated heterocycles. The fourth-order valence-electron chi connectivity index (χ4n) is 0.869. The quantitative estimate of drug-likeness (QED) is 0.321. The highest BCUT2D eigenvalue weighted by atomic mass is 32.2. The molecule has 0 aliphatic carbocycles. The molecule has 4 nitrogen and oxygen atoms in total. The zero-order valence-corrected chi connectivity index (χ0v) is 9.50. The summed E-state index contributed by atoms with van der Waals surface area (Å²) in [6.45, 7) is 2.57. The molecular weight excluding hydrogens is 212 g/mol. The van der Waals surface area contributed by atoms with E-state index in [1.807, 2.05) is 0 Å². The fraction of sp³-hybridized carbons (Fsp3) is 0.500. The Kier molecular flexibility index (Phi) is 5.77. The minimum Gasteiger partial charge on any atom is -0.465 e. The van der Waals surface area contributed by atoms with Crippen molar-refractivity contribution >= 4 is 17.7 Å². The van der Waals surface area contributed by atoms with Crippen LogP contribution >= 0.6 is 11.8 Å². The van der Waals surface area contributed by atoms with Crippen molar-refractivity contribution in [2.45, 2.75) is 24.8 Å². The summed E-state index contributed by atoms with van der Waals surface area (Å²) in [6, 6.07) is 1.77. The van der Waals surface area contributed by atoms with Gasteiger partial charge < -0.3 is 4.74 Å². The average Bonchev–Trinajstić information content (AvgIpc) is 2.28. The van der Waals surface area contributed by atoms with Crippen LogP contribution in [0.25, 0.3) is 0 Å². The molecule has 1 heterocycles. The van der Waals surface area contributed by atoms with Gasteiger partial charge in [-0.05, 0) is 12.5 Å². The van der Waals surface area contributed by atoms with Gasteiger partial charge in [-0.1, -0.05) is 25.1 Å². The Morgan fingerprint density at radius 3 is 3.13 bits per heavy atom. The van der Waals surface area contributed by atoms with Gasteiger partial charge in [0.25, 0.3) is 0 Å². The van der Waals surface area contributed by atoms with Gasteiger partial charge in [-0.2, -0.15) is 0 Å². The van der Waals surface area contributed by atoms with E-state index in [-0.39, 0.29) is 5.97 Å². The Morgan fingerprint density at radius 2 is 2.47 bits per heavy atom. The standard InChI is InChI=1S/C10H14N2O2S/c1-2-3-6-14-10(13)7-15-9-4-5-11-8-12-9/h4-5,8H,2-3,6-7H2,1H3. The second-order valence-electron chi connectivity index (χ2n) is 2.91. The van der Waals surface area contributed by atoms with Crippen LogP contribution in [0.5, 0.6) is 0 Å². The first-order chi connectivity index (χ1) is 7.33. The molecule has 0 unspecified atom stereocenters. The SMILES string of the molecule is CCCCOC(=O)CSc1ccncn1. The van der Waals surface area contributed by atoms with Gasteiger partial charge >= 0.3 is 5.97 Å². The van der Waals surface area contributed by atoms with Crippen LogP contribution in [-0.2, 0) is 9.53 Å². The highest BCUT2D eigenvalue weighted by Crippen LogP contribution is 2.13. The number of rotatable bonds is 6. The van der Waals surface area contributed by atoms with Gasteiger partial charge in [-0.3, -0.25) is 4.79 Å². The summed E-state index contributed by atoms with van der Waals surface area (Å²) in [4.78, 5) is 19.0. The summed E-state index contributed by atoms with van der Waals surface area (Å²) < 4.78 is 5.00. The molecule has 0 aromatic carbocycles. The number of carbonyl (C=O) groups is 1. The molecular formula is C10H14N2O2S. The summed E-state index contributed by atoms with van der Waals surface area (Å²) in [5.74, 6) is 0.118. The van der Waals surface area contributed by atoms with Crippen LogP contribution in [0.1, 0.15) is 19.8 Å². The van der Waals surface area contributed by atoms with E-state index in [9.17, 15) is 4.79 Å². The lowest BCUT2D eigenvalue weighted by molar-refractivity contribution is -0.140. The van der Waals surface area contributed by atoms with Crippen molar-refractivity contribution in [3.63, 3.8) is 0 Å². The van der Waals surface area contributed by atoms with Crippen molar-refractivity contribution < 1.29 is 9.53 Å². The first-order valence-electron chi connectivity index (χ1n) is 4.87. The van der Waals surface area contributed by atoms with Crippen LogP contribution in [-0.4, -0.2) is 28.3 Å². The molecule has 0 aliphatic rings. The smallest absolute Gasteiger partial charge is 0.316 e. The Hall–Kier alpha value is -1.10. The normalized spacial score (nSPS) is 9.93. The predicted octanol–water partition coefficient (Wildman–Crippen LogP) is 1.91. The molecule has 0 radical (unpaired) electrons. The molecule has 0 aliphatic heterocycles. The Bertz CT molecular complexity index is 293. The summed E-state index contributed by atoms with van der Waals surface area (Å²) in [5, 5.41) is 0.789. The zero-order chi connectivity index (χ0) is 10.9. The maximum absolute atomic E-state index is 11.2. The molecule has 0 N–H and O–H groups in total. The molecule has 15 heavy (non-hydrogen) atoms. The van der Waals surface area contributed by atoms with Crippen molar-refractivity contribution in [2.75, 3.05) is 12.4 Å². The number of nitrogens with zero attached hydrogens (tertiary/aromatic N) is 2. The van der Waals surface area contributed by atoms with Gasteiger partial charge in [0.2, 0.25) is 0 Å². The number of ether oxygens (including phenoxy) is 1. The van der Waals surface area contributed by atoms with Crippen molar-refractivity contribution in [1.29, 1.82) is 0 Å². The summed E-state index contributed by atoms with van der Waals surface area (Å²) in [5.41, 5.74) is 0. The lowest BCUT2D eigenvalue weighted by Crippen LogP contribution is -2.08. The maximum atomic E-state index is 11.2. The highest BCUT2D eigenvalue weighted by Gasteiger charge is 2.03. The van der Waals surface area contributed by atoms with E-state index in [1.54, 1.807) is 12.3 Å². The van der Waals surface area contributed by atoms with Crippen LogP contribution in [0.3, 0.4) is 0 Å². The molecule has 5 heteroatoms. The Labute approximate surface area is 93.5 Å². The second-order valence-corrected chi connectivity index (χ2v) is 3.91. The molecule has 0 saturated carbocycles. The predicted molar refractivity (Wildman–Crippen MR) is 58.6 cm³/mol. The van der Waals surface area contributed by atoms with Gasteiger partial charge in [0.15, 0.2) is 0 Å². The van der Waals surface area contributed by atoms with Gasteiger partial charge in [-0.25, -0.2) is 9.97 Å². The summed E-state index contributed by atoms with van der Waals surface area (Å²) >= 11 is 1.36. The number of carbonyl (C=O) groups excluding carboxylic acids is 1. The van der Waals surface area contributed by atoms with Gasteiger partial charge in [0.05, 0.1) is 17.4 Å². The topological polar surface area (TPSA) is 52.1 Å². The van der Waals surface area contributed by atoms with Crippen LogP contribution in [0.4, 0.5) is 0 Å². The molecule has 0 amide bonds. The van der Waals surface area contributed by atoms with Crippen molar-refractivity contribution in [2.24, 2.45) is 0 Å². The fourth-order valence-corrected chi connectivity index (χ4v) is 1.50. The second kappa shape index (κ2) is 7.23. The lowest BCUT2D eigenvalue weighted by Gasteiger charge is -2.02. The minimum atomic E-state index is -0.188. The van der Waals surface area contributed by atoms with Gasteiger partial charge in [-0.15, -0.1) is 0 Å². The van der Waals surface area contributed by atoms with Crippen LogP contribution in [0.15, 0.2) is 23.6 Å². The first-order valence-corrected chi connectivity index (χ1v) is 5.86. The number of unbranched alkanes of at least 4 members (excludes halogenated alkanes) is 1. The average molecular weight is 226 g/mol. The highest BCUT2D eigenvalue weighted by molar-refractivity contribution is 7.99. The summed E-state index contributed by atoms with van der Waals surface area (Å²) in [6.07, 6.45) is 5.07. The Morgan fingerprint density at radius 1 is 1.60 bits per heavy atom. The van der Waals surface area contributed by atoms with E-state index < -0.39 is 0 Å². The number of aromatic nitrogens is 2. The van der Waals surface area contributed by atoms with E-state index in [1.165, 1.54) is 18.1 Å². The summed E-state index contributed by atoms with van der Waals surface area (Å²) in [7, 11) is 0. The number of hydrogen-bond acceptors (Lipinski definition) is 5. The molecule has 1 aromatic rings. The van der Waals surface area contributed by atoms with Crippen LogP contribution in [0, 0.1) is 0 Å². The van der Waals surface area contributed by atoms with Gasteiger partial charge in [0.1, 0.15) is 6.33 Å². The first kappa shape index (κ1) is 12.0. The van der Waals surface area contributed by atoms with E-state index in [2.05, 4.69) is 16.9 Å². The molecule has 1 aromatic heterocycles. The van der Waals surface area contributed by atoms with Crippen LogP contribution < -0.4 is 0 Å². The van der Waals surface area contributed by atoms with Crippen molar-refractivity contribution in [3.05, 3.63) is 18.6 Å². The van der Waals surface area contributed by atoms with Crippen molar-refractivity contribution in [3.8, 4) is 0 Å². The van der Waals surface area contributed by atoms with E-state index >= 15 is 0 Å². The molecule has 0 spiro atoms. The molecule has 82 valence electrons. The monoisotopic (exact) mass is 226 g/mol.